The molecule has 2 N–H and O–H groups in total. The Bertz CT molecular complexity index is 497. The van der Waals surface area contributed by atoms with Crippen molar-refractivity contribution >= 4 is 11.9 Å². The highest BCUT2D eigenvalue weighted by Gasteiger charge is 2.15. The van der Waals surface area contributed by atoms with E-state index in [1.807, 2.05) is 0 Å². The number of hydrogen-bond acceptors (Lipinski definition) is 4. The first-order valence-electron chi connectivity index (χ1n) is 6.99. The third-order valence-electron chi connectivity index (χ3n) is 3.22. The van der Waals surface area contributed by atoms with E-state index in [-0.39, 0.29) is 12.0 Å². The number of carbonyl (C=O) groups excluding carboxylic acids is 1. The van der Waals surface area contributed by atoms with E-state index < -0.39 is 12.6 Å². The number of ether oxygens (including phenoxy) is 2. The highest BCUT2D eigenvalue weighted by molar-refractivity contribution is 5.94. The van der Waals surface area contributed by atoms with E-state index >= 15 is 0 Å². The predicted octanol–water partition coefficient (Wildman–Crippen LogP) is 1.45. The van der Waals surface area contributed by atoms with Crippen molar-refractivity contribution in [2.45, 2.75) is 25.4 Å². The SMILES string of the molecule is O=C(O)COc1cccc(C(=O)NCC2CCCCO2)c1. The second-order valence-corrected chi connectivity index (χ2v) is 4.91. The van der Waals surface area contributed by atoms with E-state index in [1.54, 1.807) is 18.2 Å². The summed E-state index contributed by atoms with van der Waals surface area (Å²) in [4.78, 5) is 22.5. The summed E-state index contributed by atoms with van der Waals surface area (Å²) in [5.74, 6) is -0.914. The summed E-state index contributed by atoms with van der Waals surface area (Å²) in [6.45, 7) is 0.805. The van der Waals surface area contributed by atoms with Gasteiger partial charge in [-0.2, -0.15) is 0 Å². The Hall–Kier alpha value is -2.08. The van der Waals surface area contributed by atoms with E-state index in [9.17, 15) is 9.59 Å². The number of nitrogens with one attached hydrogen (secondary N) is 1. The van der Waals surface area contributed by atoms with Gasteiger partial charge in [-0.3, -0.25) is 4.79 Å². The molecule has 2 rings (SSSR count). The Balaban J connectivity index is 1.86. The molecule has 0 bridgehead atoms. The fourth-order valence-corrected chi connectivity index (χ4v) is 2.15. The summed E-state index contributed by atoms with van der Waals surface area (Å²) < 4.78 is 10.6. The molecule has 0 spiro atoms. The van der Waals surface area contributed by atoms with Crippen LogP contribution < -0.4 is 10.1 Å². The number of rotatable bonds is 6. The highest BCUT2D eigenvalue weighted by atomic mass is 16.5. The lowest BCUT2D eigenvalue weighted by Crippen LogP contribution is -2.35. The molecule has 6 heteroatoms. The van der Waals surface area contributed by atoms with Crippen molar-refractivity contribution in [3.8, 4) is 5.75 Å². The first kappa shape index (κ1) is 15.3. The van der Waals surface area contributed by atoms with Crippen molar-refractivity contribution < 1.29 is 24.2 Å². The summed E-state index contributed by atoms with van der Waals surface area (Å²) >= 11 is 0. The van der Waals surface area contributed by atoms with Gasteiger partial charge in [0, 0.05) is 18.7 Å². The second-order valence-electron chi connectivity index (χ2n) is 4.91. The third-order valence-corrected chi connectivity index (χ3v) is 3.22. The monoisotopic (exact) mass is 293 g/mol. The number of hydrogen-bond donors (Lipinski definition) is 2. The van der Waals surface area contributed by atoms with Gasteiger partial charge >= 0.3 is 5.97 Å². The molecule has 0 aliphatic carbocycles. The number of carbonyl (C=O) groups is 2. The van der Waals surface area contributed by atoms with Crippen LogP contribution in [0.1, 0.15) is 29.6 Å². The molecule has 1 aliphatic rings. The summed E-state index contributed by atoms with van der Waals surface area (Å²) in [5.41, 5.74) is 0.439. The van der Waals surface area contributed by atoms with Crippen LogP contribution in [-0.2, 0) is 9.53 Å². The van der Waals surface area contributed by atoms with Crippen LogP contribution in [0.5, 0.6) is 5.75 Å². The maximum atomic E-state index is 12.0. The van der Waals surface area contributed by atoms with Crippen molar-refractivity contribution in [2.75, 3.05) is 19.8 Å². The highest BCUT2D eigenvalue weighted by Crippen LogP contribution is 2.14. The van der Waals surface area contributed by atoms with Crippen LogP contribution in [0.2, 0.25) is 0 Å². The van der Waals surface area contributed by atoms with Crippen molar-refractivity contribution in [2.24, 2.45) is 0 Å². The van der Waals surface area contributed by atoms with Gasteiger partial charge in [-0.05, 0) is 37.5 Å². The average Bonchev–Trinajstić information content (AvgIpc) is 2.52. The lowest BCUT2D eigenvalue weighted by atomic mass is 10.1. The first-order valence-corrected chi connectivity index (χ1v) is 6.99. The van der Waals surface area contributed by atoms with Gasteiger partial charge < -0.3 is 19.9 Å². The molecule has 1 aliphatic heterocycles. The predicted molar refractivity (Wildman–Crippen MR) is 75.5 cm³/mol. The maximum Gasteiger partial charge on any atom is 0.341 e. The molecule has 1 heterocycles. The van der Waals surface area contributed by atoms with E-state index in [4.69, 9.17) is 14.6 Å². The van der Waals surface area contributed by atoms with Crippen molar-refractivity contribution in [3.05, 3.63) is 29.8 Å². The fourth-order valence-electron chi connectivity index (χ4n) is 2.15. The van der Waals surface area contributed by atoms with Crippen LogP contribution in [-0.4, -0.2) is 42.8 Å². The lowest BCUT2D eigenvalue weighted by Gasteiger charge is -2.22. The molecule has 1 aromatic carbocycles. The summed E-state index contributed by atoms with van der Waals surface area (Å²) in [7, 11) is 0. The second kappa shape index (κ2) is 7.64. The van der Waals surface area contributed by atoms with Gasteiger partial charge in [-0.1, -0.05) is 6.07 Å². The quantitative estimate of drug-likeness (QED) is 0.829. The van der Waals surface area contributed by atoms with Crippen LogP contribution in [0.15, 0.2) is 24.3 Å². The molecule has 0 radical (unpaired) electrons. The molecule has 0 saturated carbocycles. The molecule has 21 heavy (non-hydrogen) atoms. The Morgan fingerprint density at radius 1 is 1.38 bits per heavy atom. The van der Waals surface area contributed by atoms with Gasteiger partial charge in [0.1, 0.15) is 5.75 Å². The third kappa shape index (κ3) is 5.07. The van der Waals surface area contributed by atoms with Crippen LogP contribution in [0.25, 0.3) is 0 Å². The van der Waals surface area contributed by atoms with Gasteiger partial charge in [0.2, 0.25) is 0 Å². The average molecular weight is 293 g/mol. The zero-order chi connectivity index (χ0) is 15.1. The van der Waals surface area contributed by atoms with Gasteiger partial charge in [0.15, 0.2) is 6.61 Å². The van der Waals surface area contributed by atoms with Gasteiger partial charge in [0.25, 0.3) is 5.91 Å². The molecule has 1 fully saturated rings. The van der Waals surface area contributed by atoms with E-state index in [2.05, 4.69) is 5.32 Å². The molecule has 1 amide bonds. The van der Waals surface area contributed by atoms with Gasteiger partial charge in [0.05, 0.1) is 6.10 Å². The molecule has 1 aromatic rings. The van der Waals surface area contributed by atoms with E-state index in [0.29, 0.717) is 17.9 Å². The van der Waals surface area contributed by atoms with Crippen molar-refractivity contribution in [1.82, 2.24) is 5.32 Å². The Morgan fingerprint density at radius 2 is 2.24 bits per heavy atom. The molecule has 6 nitrogen and oxygen atoms in total. The molecule has 0 aromatic heterocycles. The normalized spacial score (nSPS) is 18.0. The minimum atomic E-state index is -1.06. The van der Waals surface area contributed by atoms with Crippen molar-refractivity contribution in [1.29, 1.82) is 0 Å². The summed E-state index contributed by atoms with van der Waals surface area (Å²) in [6.07, 6.45) is 3.24. The standard InChI is InChI=1S/C15H19NO5/c17-14(18)10-21-12-6-3-4-11(8-12)15(19)16-9-13-5-1-2-7-20-13/h3-4,6,8,13H,1-2,5,7,9-10H2,(H,16,19)(H,17,18). The minimum Gasteiger partial charge on any atom is -0.482 e. The van der Waals surface area contributed by atoms with Crippen LogP contribution in [0, 0.1) is 0 Å². The van der Waals surface area contributed by atoms with E-state index in [1.165, 1.54) is 6.07 Å². The minimum absolute atomic E-state index is 0.0779. The first-order chi connectivity index (χ1) is 10.1. The molecular weight excluding hydrogens is 274 g/mol. The lowest BCUT2D eigenvalue weighted by molar-refractivity contribution is -0.139. The van der Waals surface area contributed by atoms with Gasteiger partial charge in [-0.15, -0.1) is 0 Å². The summed E-state index contributed by atoms with van der Waals surface area (Å²) in [6, 6.07) is 6.46. The largest absolute Gasteiger partial charge is 0.482 e. The van der Waals surface area contributed by atoms with Crippen molar-refractivity contribution in [3.63, 3.8) is 0 Å². The molecular formula is C15H19NO5. The molecule has 1 unspecified atom stereocenters. The number of carboxylic acid groups (broad SMARTS) is 1. The molecule has 114 valence electrons. The number of benzene rings is 1. The summed E-state index contributed by atoms with van der Waals surface area (Å²) in [5, 5.41) is 11.4. The zero-order valence-electron chi connectivity index (χ0n) is 11.7. The molecule has 1 saturated heterocycles. The molecule has 1 atom stereocenters. The van der Waals surface area contributed by atoms with Crippen LogP contribution in [0.3, 0.4) is 0 Å². The van der Waals surface area contributed by atoms with Crippen LogP contribution in [0.4, 0.5) is 0 Å². The smallest absolute Gasteiger partial charge is 0.341 e. The fraction of sp³-hybridized carbons (Fsp3) is 0.467. The number of aliphatic carboxylic acids is 1. The Kier molecular flexibility index (Phi) is 5.57. The topological polar surface area (TPSA) is 84.9 Å². The van der Waals surface area contributed by atoms with E-state index in [0.717, 1.165) is 25.9 Å². The Morgan fingerprint density at radius 3 is 2.95 bits per heavy atom. The van der Waals surface area contributed by atoms with Gasteiger partial charge in [-0.25, -0.2) is 4.79 Å². The number of amides is 1. The van der Waals surface area contributed by atoms with Crippen LogP contribution >= 0.6 is 0 Å². The zero-order valence-corrected chi connectivity index (χ0v) is 11.7. The maximum absolute atomic E-state index is 12.0. The number of carboxylic acids is 1. The Labute approximate surface area is 123 Å².